The molecular formula is C13H22N4. The highest BCUT2D eigenvalue weighted by atomic mass is 15.3. The Morgan fingerprint density at radius 3 is 2.29 bits per heavy atom. The lowest BCUT2D eigenvalue weighted by Crippen LogP contribution is -2.53. The molecular weight excluding hydrogens is 212 g/mol. The number of hydrogen-bond acceptors (Lipinski definition) is 4. The van der Waals surface area contributed by atoms with E-state index < -0.39 is 0 Å². The normalized spacial score (nSPS) is 18.4. The molecule has 0 aromatic carbocycles. The van der Waals surface area contributed by atoms with E-state index in [0.717, 1.165) is 32.0 Å². The minimum atomic E-state index is 0.259. The third kappa shape index (κ3) is 2.88. The molecule has 0 bridgehead atoms. The highest BCUT2D eigenvalue weighted by Crippen LogP contribution is 2.19. The Labute approximate surface area is 103 Å². The maximum atomic E-state index is 5.71. The van der Waals surface area contributed by atoms with Gasteiger partial charge >= 0.3 is 0 Å². The molecule has 0 aliphatic carbocycles. The van der Waals surface area contributed by atoms with Crippen LogP contribution in [-0.4, -0.2) is 41.6 Å². The van der Waals surface area contributed by atoms with Crippen molar-refractivity contribution in [2.24, 2.45) is 0 Å². The molecule has 0 spiro atoms. The van der Waals surface area contributed by atoms with Gasteiger partial charge in [-0.2, -0.15) is 0 Å². The molecule has 1 aliphatic rings. The molecule has 1 aliphatic heterocycles. The molecule has 0 amide bonds. The smallest absolute Gasteiger partial charge is 0.131 e. The minimum absolute atomic E-state index is 0.259. The number of hydrogen-bond donors (Lipinski definition) is 1. The molecule has 94 valence electrons. The molecule has 1 fully saturated rings. The Kier molecular flexibility index (Phi) is 3.24. The summed E-state index contributed by atoms with van der Waals surface area (Å²) in [6.07, 6.45) is 0. The van der Waals surface area contributed by atoms with Crippen LogP contribution in [0, 0.1) is 0 Å². The van der Waals surface area contributed by atoms with Gasteiger partial charge in [0.2, 0.25) is 0 Å². The summed E-state index contributed by atoms with van der Waals surface area (Å²) in [6, 6.07) is 5.83. The van der Waals surface area contributed by atoms with Crippen LogP contribution < -0.4 is 10.6 Å². The number of anilines is 2. The topological polar surface area (TPSA) is 45.4 Å². The Hall–Kier alpha value is -1.29. The van der Waals surface area contributed by atoms with E-state index in [1.165, 1.54) is 0 Å². The lowest BCUT2D eigenvalue weighted by atomic mass is 10.1. The van der Waals surface area contributed by atoms with Gasteiger partial charge in [-0.25, -0.2) is 4.98 Å². The van der Waals surface area contributed by atoms with E-state index in [2.05, 4.69) is 35.6 Å². The summed E-state index contributed by atoms with van der Waals surface area (Å²) in [4.78, 5) is 9.18. The van der Waals surface area contributed by atoms with Crippen LogP contribution >= 0.6 is 0 Å². The fourth-order valence-electron chi connectivity index (χ4n) is 2.22. The van der Waals surface area contributed by atoms with Crippen molar-refractivity contribution in [3.8, 4) is 0 Å². The maximum Gasteiger partial charge on any atom is 0.131 e. The maximum absolute atomic E-state index is 5.71. The average Bonchev–Trinajstić information content (AvgIpc) is 2.28. The molecule has 0 saturated carbocycles. The standard InChI is InChI=1S/C13H22N4/c1-13(2,3)17-9-7-16(8-10-17)12-6-4-5-11(14)15-12/h4-6H,7-10H2,1-3H3,(H2,14,15). The lowest BCUT2D eigenvalue weighted by Gasteiger charge is -2.42. The van der Waals surface area contributed by atoms with Crippen molar-refractivity contribution in [3.05, 3.63) is 18.2 Å². The summed E-state index contributed by atoms with van der Waals surface area (Å²) >= 11 is 0. The van der Waals surface area contributed by atoms with E-state index in [4.69, 9.17) is 5.73 Å². The van der Waals surface area contributed by atoms with Gasteiger partial charge in [0.05, 0.1) is 0 Å². The van der Waals surface area contributed by atoms with Crippen molar-refractivity contribution in [2.45, 2.75) is 26.3 Å². The molecule has 1 aromatic rings. The highest BCUT2D eigenvalue weighted by molar-refractivity contribution is 5.45. The van der Waals surface area contributed by atoms with Gasteiger partial charge in [0.1, 0.15) is 11.6 Å². The predicted molar refractivity (Wildman–Crippen MR) is 72.2 cm³/mol. The van der Waals surface area contributed by atoms with Crippen molar-refractivity contribution < 1.29 is 0 Å². The summed E-state index contributed by atoms with van der Waals surface area (Å²) in [6.45, 7) is 11.0. The predicted octanol–water partition coefficient (Wildman–Crippen LogP) is 1.58. The lowest BCUT2D eigenvalue weighted by molar-refractivity contribution is 0.128. The van der Waals surface area contributed by atoms with Crippen LogP contribution in [0.5, 0.6) is 0 Å². The zero-order valence-corrected chi connectivity index (χ0v) is 11.0. The third-order valence-electron chi connectivity index (χ3n) is 3.31. The molecule has 0 radical (unpaired) electrons. The Morgan fingerprint density at radius 2 is 1.76 bits per heavy atom. The van der Waals surface area contributed by atoms with Crippen molar-refractivity contribution >= 4 is 11.6 Å². The molecule has 17 heavy (non-hydrogen) atoms. The first kappa shape index (κ1) is 12.2. The number of aromatic nitrogens is 1. The number of nitrogens with zero attached hydrogens (tertiary/aromatic N) is 3. The summed E-state index contributed by atoms with van der Waals surface area (Å²) in [7, 11) is 0. The largest absolute Gasteiger partial charge is 0.384 e. The number of nitrogens with two attached hydrogens (primary N) is 1. The van der Waals surface area contributed by atoms with Crippen molar-refractivity contribution in [1.82, 2.24) is 9.88 Å². The van der Waals surface area contributed by atoms with E-state index in [-0.39, 0.29) is 5.54 Å². The van der Waals surface area contributed by atoms with Gasteiger partial charge in [-0.05, 0) is 32.9 Å². The Morgan fingerprint density at radius 1 is 1.12 bits per heavy atom. The number of piperazine rings is 1. The first-order valence-electron chi connectivity index (χ1n) is 6.19. The molecule has 0 unspecified atom stereocenters. The minimum Gasteiger partial charge on any atom is -0.384 e. The van der Waals surface area contributed by atoms with Crippen molar-refractivity contribution in [3.63, 3.8) is 0 Å². The third-order valence-corrected chi connectivity index (χ3v) is 3.31. The first-order chi connectivity index (χ1) is 7.97. The summed E-state index contributed by atoms with van der Waals surface area (Å²) < 4.78 is 0. The van der Waals surface area contributed by atoms with E-state index in [1.807, 2.05) is 18.2 Å². The van der Waals surface area contributed by atoms with Gasteiger partial charge in [0.15, 0.2) is 0 Å². The van der Waals surface area contributed by atoms with E-state index in [1.54, 1.807) is 0 Å². The second-order valence-corrected chi connectivity index (χ2v) is 5.57. The van der Waals surface area contributed by atoms with Crippen LogP contribution in [0.4, 0.5) is 11.6 Å². The van der Waals surface area contributed by atoms with Crippen LogP contribution in [0.2, 0.25) is 0 Å². The summed E-state index contributed by atoms with van der Waals surface area (Å²) in [5.74, 6) is 1.60. The van der Waals surface area contributed by atoms with E-state index in [9.17, 15) is 0 Å². The van der Waals surface area contributed by atoms with E-state index >= 15 is 0 Å². The van der Waals surface area contributed by atoms with Gasteiger partial charge < -0.3 is 10.6 Å². The molecule has 2 N–H and O–H groups in total. The van der Waals surface area contributed by atoms with Crippen LogP contribution in [0.15, 0.2) is 18.2 Å². The van der Waals surface area contributed by atoms with Crippen molar-refractivity contribution in [1.29, 1.82) is 0 Å². The van der Waals surface area contributed by atoms with Gasteiger partial charge in [0.25, 0.3) is 0 Å². The fraction of sp³-hybridized carbons (Fsp3) is 0.615. The van der Waals surface area contributed by atoms with Gasteiger partial charge in [-0.3, -0.25) is 4.90 Å². The van der Waals surface area contributed by atoms with Gasteiger partial charge in [-0.15, -0.1) is 0 Å². The molecule has 1 aromatic heterocycles. The van der Waals surface area contributed by atoms with Crippen LogP contribution in [0.25, 0.3) is 0 Å². The monoisotopic (exact) mass is 234 g/mol. The Bertz CT molecular complexity index is 375. The molecule has 4 heteroatoms. The first-order valence-corrected chi connectivity index (χ1v) is 6.19. The number of rotatable bonds is 1. The molecule has 2 rings (SSSR count). The number of nitrogen functional groups attached to an aromatic ring is 1. The number of pyridine rings is 1. The zero-order chi connectivity index (χ0) is 12.5. The summed E-state index contributed by atoms with van der Waals surface area (Å²) in [5, 5.41) is 0. The second kappa shape index (κ2) is 4.53. The Balaban J connectivity index is 2.00. The second-order valence-electron chi connectivity index (χ2n) is 5.57. The average molecular weight is 234 g/mol. The van der Waals surface area contributed by atoms with Crippen LogP contribution in [-0.2, 0) is 0 Å². The summed E-state index contributed by atoms with van der Waals surface area (Å²) in [5.41, 5.74) is 5.97. The molecule has 4 nitrogen and oxygen atoms in total. The van der Waals surface area contributed by atoms with Gasteiger partial charge in [0, 0.05) is 31.7 Å². The van der Waals surface area contributed by atoms with Gasteiger partial charge in [-0.1, -0.05) is 6.07 Å². The SMILES string of the molecule is CC(C)(C)N1CCN(c2cccc(N)n2)CC1. The van der Waals surface area contributed by atoms with Crippen LogP contribution in [0.1, 0.15) is 20.8 Å². The molecule has 2 heterocycles. The fourth-order valence-corrected chi connectivity index (χ4v) is 2.22. The van der Waals surface area contributed by atoms with E-state index in [0.29, 0.717) is 5.82 Å². The molecule has 0 atom stereocenters. The molecule has 1 saturated heterocycles. The highest BCUT2D eigenvalue weighted by Gasteiger charge is 2.26. The quantitative estimate of drug-likeness (QED) is 0.801. The zero-order valence-electron chi connectivity index (χ0n) is 11.0. The van der Waals surface area contributed by atoms with Crippen LogP contribution in [0.3, 0.4) is 0 Å². The van der Waals surface area contributed by atoms with Crippen molar-refractivity contribution in [2.75, 3.05) is 36.8 Å².